The predicted molar refractivity (Wildman–Crippen MR) is 106 cm³/mol. The fraction of sp³-hybridized carbons (Fsp3) is 0.238. The lowest BCUT2D eigenvalue weighted by molar-refractivity contribution is 0.224. The Morgan fingerprint density at radius 2 is 2.24 bits per heavy atom. The summed E-state index contributed by atoms with van der Waals surface area (Å²) in [7, 11) is 0. The van der Waals surface area contributed by atoms with Gasteiger partial charge in [0.2, 0.25) is 0 Å². The van der Waals surface area contributed by atoms with Crippen LogP contribution in [0.3, 0.4) is 0 Å². The van der Waals surface area contributed by atoms with Crippen LogP contribution >= 0.6 is 0 Å². The topological polar surface area (TPSA) is 93.1 Å². The van der Waals surface area contributed by atoms with Gasteiger partial charge in [0.1, 0.15) is 29.0 Å². The van der Waals surface area contributed by atoms with Gasteiger partial charge in [0.15, 0.2) is 0 Å². The number of ether oxygens (including phenoxy) is 1. The van der Waals surface area contributed by atoms with Crippen LogP contribution in [0.1, 0.15) is 30.0 Å². The van der Waals surface area contributed by atoms with Crippen molar-refractivity contribution in [1.82, 2.24) is 29.7 Å². The first-order valence-corrected chi connectivity index (χ1v) is 9.50. The van der Waals surface area contributed by atoms with Crippen LogP contribution in [-0.2, 0) is 13.1 Å². The molecule has 1 atom stereocenters. The lowest BCUT2D eigenvalue weighted by atomic mass is 10.1. The molecule has 8 heteroatoms. The van der Waals surface area contributed by atoms with Gasteiger partial charge in [-0.05, 0) is 31.2 Å². The highest BCUT2D eigenvalue weighted by Crippen LogP contribution is 2.32. The van der Waals surface area contributed by atoms with E-state index in [2.05, 4.69) is 27.5 Å². The largest absolute Gasteiger partial charge is 0.482 e. The highest BCUT2D eigenvalue weighted by atomic mass is 16.5. The molecule has 5 heterocycles. The van der Waals surface area contributed by atoms with Gasteiger partial charge in [-0.15, -0.1) is 0 Å². The highest BCUT2D eigenvalue weighted by molar-refractivity contribution is 5.74. The third-order valence-electron chi connectivity index (χ3n) is 5.07. The summed E-state index contributed by atoms with van der Waals surface area (Å²) in [6.45, 7) is 4.50. The molecular weight excluding hydrogens is 366 g/mol. The van der Waals surface area contributed by atoms with Gasteiger partial charge in [-0.1, -0.05) is 6.07 Å². The predicted octanol–water partition coefficient (Wildman–Crippen LogP) is 2.71. The Labute approximate surface area is 167 Å². The van der Waals surface area contributed by atoms with Crippen molar-refractivity contribution in [3.05, 3.63) is 65.9 Å². The number of hydrogen-bond acceptors (Lipinski definition) is 6. The van der Waals surface area contributed by atoms with E-state index in [1.54, 1.807) is 16.9 Å². The molecular formula is C21H19N7O. The molecule has 0 aliphatic carbocycles. The molecule has 0 spiro atoms. The Balaban J connectivity index is 1.60. The molecule has 0 radical (unpaired) electrons. The molecule has 0 saturated carbocycles. The number of pyridine rings is 2. The van der Waals surface area contributed by atoms with Crippen LogP contribution in [-0.4, -0.2) is 30.9 Å². The minimum Gasteiger partial charge on any atom is -0.482 e. The molecule has 29 heavy (non-hydrogen) atoms. The summed E-state index contributed by atoms with van der Waals surface area (Å²) < 4.78 is 9.97. The molecule has 4 aromatic heterocycles. The van der Waals surface area contributed by atoms with E-state index in [0.717, 1.165) is 42.3 Å². The summed E-state index contributed by atoms with van der Waals surface area (Å²) in [5.41, 5.74) is 4.81. The van der Waals surface area contributed by atoms with Crippen molar-refractivity contribution in [2.24, 2.45) is 0 Å². The van der Waals surface area contributed by atoms with Gasteiger partial charge in [0.25, 0.3) is 0 Å². The fourth-order valence-electron chi connectivity index (χ4n) is 3.60. The molecule has 0 aromatic carbocycles. The van der Waals surface area contributed by atoms with E-state index in [1.807, 2.05) is 42.1 Å². The lowest BCUT2D eigenvalue weighted by Crippen LogP contribution is -2.28. The summed E-state index contributed by atoms with van der Waals surface area (Å²) in [6, 6.07) is 11.9. The van der Waals surface area contributed by atoms with Crippen LogP contribution in [0.2, 0.25) is 0 Å². The molecule has 0 amide bonds. The van der Waals surface area contributed by atoms with Gasteiger partial charge >= 0.3 is 0 Å². The zero-order chi connectivity index (χ0) is 19.8. The Morgan fingerprint density at radius 3 is 3.03 bits per heavy atom. The molecule has 0 bridgehead atoms. The van der Waals surface area contributed by atoms with Crippen molar-refractivity contribution in [2.45, 2.75) is 26.1 Å². The van der Waals surface area contributed by atoms with Crippen LogP contribution < -0.4 is 10.1 Å². The molecule has 1 aliphatic heterocycles. The first kappa shape index (κ1) is 17.4. The number of hydrogen-bond donors (Lipinski definition) is 1. The van der Waals surface area contributed by atoms with Crippen LogP contribution in [0.25, 0.3) is 16.8 Å². The summed E-state index contributed by atoms with van der Waals surface area (Å²) in [5, 5.41) is 21.9. The van der Waals surface area contributed by atoms with E-state index >= 15 is 0 Å². The van der Waals surface area contributed by atoms with E-state index in [9.17, 15) is 5.26 Å². The van der Waals surface area contributed by atoms with E-state index in [4.69, 9.17) is 9.84 Å². The molecule has 1 N–H and O–H groups in total. The number of nitrogens with one attached hydrogen (secondary N) is 1. The van der Waals surface area contributed by atoms with E-state index < -0.39 is 0 Å². The van der Waals surface area contributed by atoms with Crippen molar-refractivity contribution in [3.8, 4) is 23.1 Å². The first-order chi connectivity index (χ1) is 14.2. The first-order valence-electron chi connectivity index (χ1n) is 9.50. The maximum Gasteiger partial charge on any atom is 0.148 e. The van der Waals surface area contributed by atoms with Crippen molar-refractivity contribution in [2.75, 3.05) is 6.54 Å². The van der Waals surface area contributed by atoms with Gasteiger partial charge in [-0.2, -0.15) is 15.5 Å². The SMILES string of the molecule is C[C@@H](Oc1cc(-c2cc3n(n2)CCNC3)cn2ncc(C#N)c12)c1ccccn1. The molecule has 4 aromatic rings. The van der Waals surface area contributed by atoms with E-state index in [1.165, 1.54) is 0 Å². The van der Waals surface area contributed by atoms with Gasteiger partial charge in [0.05, 0.1) is 29.8 Å². The van der Waals surface area contributed by atoms with Crippen LogP contribution in [0.4, 0.5) is 0 Å². The van der Waals surface area contributed by atoms with Gasteiger partial charge in [-0.25, -0.2) is 4.52 Å². The number of aromatic nitrogens is 5. The molecule has 1 aliphatic rings. The fourth-order valence-corrected chi connectivity index (χ4v) is 3.60. The second-order valence-corrected chi connectivity index (χ2v) is 6.99. The standard InChI is InChI=1S/C21H19N7O/c1-14(18-4-2-3-5-24-18)29-20-8-15(13-28-21(20)16(10-22)11-25-28)19-9-17-12-23-6-7-27(17)26-19/h2-5,8-9,11,13-14,23H,6-7,12H2,1H3/t14-/m1/s1. The second kappa shape index (κ2) is 7.04. The van der Waals surface area contributed by atoms with Crippen molar-refractivity contribution >= 4 is 5.52 Å². The molecule has 8 nitrogen and oxygen atoms in total. The van der Waals surface area contributed by atoms with Gasteiger partial charge < -0.3 is 10.1 Å². The molecule has 144 valence electrons. The van der Waals surface area contributed by atoms with E-state index in [-0.39, 0.29) is 6.10 Å². The Hall–Kier alpha value is -3.70. The van der Waals surface area contributed by atoms with Crippen molar-refractivity contribution < 1.29 is 4.74 Å². The minimum atomic E-state index is -0.281. The Morgan fingerprint density at radius 1 is 1.31 bits per heavy atom. The summed E-state index contributed by atoms with van der Waals surface area (Å²) in [6.07, 6.45) is 4.90. The van der Waals surface area contributed by atoms with Gasteiger partial charge in [0, 0.05) is 31.0 Å². The highest BCUT2D eigenvalue weighted by Gasteiger charge is 2.19. The van der Waals surface area contributed by atoms with Gasteiger partial charge in [-0.3, -0.25) is 9.67 Å². The normalized spacial score (nSPS) is 14.3. The lowest BCUT2D eigenvalue weighted by Gasteiger charge is -2.16. The zero-order valence-corrected chi connectivity index (χ0v) is 15.9. The molecule has 0 saturated heterocycles. The maximum atomic E-state index is 9.50. The number of nitrogens with zero attached hydrogens (tertiary/aromatic N) is 6. The quantitative estimate of drug-likeness (QED) is 0.581. The summed E-state index contributed by atoms with van der Waals surface area (Å²) in [5.74, 6) is 0.582. The van der Waals surface area contributed by atoms with Crippen LogP contribution in [0.15, 0.2) is 48.9 Å². The van der Waals surface area contributed by atoms with Crippen molar-refractivity contribution in [3.63, 3.8) is 0 Å². The monoisotopic (exact) mass is 385 g/mol. The second-order valence-electron chi connectivity index (χ2n) is 6.99. The molecule has 0 fully saturated rings. The van der Waals surface area contributed by atoms with Crippen LogP contribution in [0, 0.1) is 11.3 Å². The summed E-state index contributed by atoms with van der Waals surface area (Å²) in [4.78, 5) is 4.37. The average molecular weight is 385 g/mol. The number of nitriles is 1. The average Bonchev–Trinajstić information content (AvgIpc) is 3.38. The third kappa shape index (κ3) is 3.11. The van der Waals surface area contributed by atoms with Crippen molar-refractivity contribution in [1.29, 1.82) is 5.26 Å². The summed E-state index contributed by atoms with van der Waals surface area (Å²) >= 11 is 0. The van der Waals surface area contributed by atoms with E-state index in [0.29, 0.717) is 16.8 Å². The molecule has 5 rings (SSSR count). The number of fused-ring (bicyclic) bond motifs is 2. The smallest absolute Gasteiger partial charge is 0.148 e. The maximum absolute atomic E-state index is 9.50. The Bertz CT molecular complexity index is 1200. The molecule has 0 unspecified atom stereocenters. The Kier molecular flexibility index (Phi) is 4.22. The zero-order valence-electron chi connectivity index (χ0n) is 15.9. The minimum absolute atomic E-state index is 0.281. The third-order valence-corrected chi connectivity index (χ3v) is 5.07. The van der Waals surface area contributed by atoms with Crippen LogP contribution in [0.5, 0.6) is 5.75 Å². The number of rotatable bonds is 4.